The van der Waals surface area contributed by atoms with Gasteiger partial charge in [0.25, 0.3) is 11.6 Å². The molecule has 0 unspecified atom stereocenters. The van der Waals surface area contributed by atoms with Gasteiger partial charge in [-0.05, 0) is 37.5 Å². The molecule has 1 aromatic heterocycles. The van der Waals surface area contributed by atoms with Crippen molar-refractivity contribution in [1.82, 2.24) is 10.2 Å². The molecule has 0 atom stereocenters. The van der Waals surface area contributed by atoms with Gasteiger partial charge in [-0.25, -0.2) is 0 Å². The number of non-ortho nitro benzene ring substituents is 1. The number of carbonyl (C=O) groups excluding carboxylic acids is 1. The first-order valence-electron chi connectivity index (χ1n) is 7.69. The van der Waals surface area contributed by atoms with Crippen molar-refractivity contribution in [3.05, 3.63) is 51.7 Å². The monoisotopic (exact) mass is 327 g/mol. The van der Waals surface area contributed by atoms with Crippen LogP contribution in [-0.4, -0.2) is 34.1 Å². The predicted octanol–water partition coefficient (Wildman–Crippen LogP) is 2.55. The van der Waals surface area contributed by atoms with Crippen molar-refractivity contribution in [2.45, 2.75) is 19.8 Å². The van der Waals surface area contributed by atoms with E-state index in [-0.39, 0.29) is 11.4 Å². The first kappa shape index (κ1) is 15.9. The number of nitrogens with one attached hydrogen (secondary N) is 1. The Labute approximate surface area is 138 Å². The number of nitro benzene ring substituents is 1. The highest BCUT2D eigenvalue weighted by Gasteiger charge is 2.16. The second kappa shape index (κ2) is 6.61. The molecule has 1 aliphatic rings. The molecular weight excluding hydrogens is 310 g/mol. The van der Waals surface area contributed by atoms with Crippen LogP contribution in [0.1, 0.15) is 28.9 Å². The van der Waals surface area contributed by atoms with E-state index in [4.69, 9.17) is 0 Å². The van der Waals surface area contributed by atoms with Crippen LogP contribution in [0, 0.1) is 17.0 Å². The molecule has 1 amide bonds. The molecule has 2 heterocycles. The predicted molar refractivity (Wildman–Crippen MR) is 89.3 cm³/mol. The Bertz CT molecular complexity index is 770. The standard InChI is InChI=1S/C16H17N5O3/c1-11-4-5-12(21(23)24)10-14(11)17-16(22)13-6-7-15(19-18-13)20-8-2-3-9-20/h4-7,10H,2-3,8-9H2,1H3,(H,17,22). The van der Waals surface area contributed by atoms with E-state index in [0.717, 1.165) is 37.3 Å². The van der Waals surface area contributed by atoms with Gasteiger partial charge in [-0.1, -0.05) is 6.07 Å². The van der Waals surface area contributed by atoms with E-state index in [1.165, 1.54) is 12.1 Å². The maximum absolute atomic E-state index is 12.3. The zero-order chi connectivity index (χ0) is 17.1. The number of hydrogen-bond acceptors (Lipinski definition) is 6. The average molecular weight is 327 g/mol. The van der Waals surface area contributed by atoms with Crippen molar-refractivity contribution < 1.29 is 9.72 Å². The lowest BCUT2D eigenvalue weighted by molar-refractivity contribution is -0.384. The number of hydrogen-bond donors (Lipinski definition) is 1. The number of anilines is 2. The van der Waals surface area contributed by atoms with E-state index >= 15 is 0 Å². The van der Waals surface area contributed by atoms with Gasteiger partial charge in [-0.15, -0.1) is 10.2 Å². The first-order chi connectivity index (χ1) is 11.5. The highest BCUT2D eigenvalue weighted by atomic mass is 16.6. The minimum atomic E-state index is -0.500. The molecule has 0 bridgehead atoms. The van der Waals surface area contributed by atoms with Crippen molar-refractivity contribution in [2.75, 3.05) is 23.3 Å². The summed E-state index contributed by atoms with van der Waals surface area (Å²) in [5.74, 6) is 0.314. The number of carbonyl (C=O) groups is 1. The summed E-state index contributed by atoms with van der Waals surface area (Å²) in [5.41, 5.74) is 1.21. The molecule has 1 N–H and O–H groups in total. The van der Waals surface area contributed by atoms with Gasteiger partial charge in [0.15, 0.2) is 11.5 Å². The molecule has 8 nitrogen and oxygen atoms in total. The fourth-order valence-electron chi connectivity index (χ4n) is 2.61. The van der Waals surface area contributed by atoms with Gasteiger partial charge in [0, 0.05) is 25.2 Å². The smallest absolute Gasteiger partial charge is 0.276 e. The van der Waals surface area contributed by atoms with Crippen LogP contribution in [0.15, 0.2) is 30.3 Å². The molecule has 0 spiro atoms. The van der Waals surface area contributed by atoms with Crippen LogP contribution in [-0.2, 0) is 0 Å². The minimum Gasteiger partial charge on any atom is -0.355 e. The number of nitrogens with zero attached hydrogens (tertiary/aromatic N) is 4. The first-order valence-corrected chi connectivity index (χ1v) is 7.69. The van der Waals surface area contributed by atoms with Crippen LogP contribution in [0.3, 0.4) is 0 Å². The van der Waals surface area contributed by atoms with Crippen LogP contribution in [0.5, 0.6) is 0 Å². The Morgan fingerprint density at radius 3 is 2.58 bits per heavy atom. The number of aromatic nitrogens is 2. The van der Waals surface area contributed by atoms with Crippen molar-refractivity contribution in [2.24, 2.45) is 0 Å². The maximum Gasteiger partial charge on any atom is 0.276 e. The van der Waals surface area contributed by atoms with E-state index in [1.54, 1.807) is 25.1 Å². The summed E-state index contributed by atoms with van der Waals surface area (Å²) in [6, 6.07) is 7.71. The summed E-state index contributed by atoms with van der Waals surface area (Å²) in [4.78, 5) is 24.8. The summed E-state index contributed by atoms with van der Waals surface area (Å²) in [5, 5.41) is 21.6. The SMILES string of the molecule is Cc1ccc([N+](=O)[O-])cc1NC(=O)c1ccc(N2CCCC2)nn1. The van der Waals surface area contributed by atoms with Crippen molar-refractivity contribution in [1.29, 1.82) is 0 Å². The van der Waals surface area contributed by atoms with Crippen molar-refractivity contribution in [3.63, 3.8) is 0 Å². The van der Waals surface area contributed by atoms with Gasteiger partial charge in [-0.3, -0.25) is 14.9 Å². The largest absolute Gasteiger partial charge is 0.355 e. The van der Waals surface area contributed by atoms with E-state index < -0.39 is 10.8 Å². The lowest BCUT2D eigenvalue weighted by atomic mass is 10.1. The van der Waals surface area contributed by atoms with E-state index in [9.17, 15) is 14.9 Å². The van der Waals surface area contributed by atoms with Gasteiger partial charge in [0.05, 0.1) is 10.6 Å². The second-order valence-electron chi connectivity index (χ2n) is 5.68. The van der Waals surface area contributed by atoms with Gasteiger partial charge >= 0.3 is 0 Å². The van der Waals surface area contributed by atoms with Gasteiger partial charge in [-0.2, -0.15) is 0 Å². The van der Waals surface area contributed by atoms with Gasteiger partial charge in [0.2, 0.25) is 0 Å². The lowest BCUT2D eigenvalue weighted by Gasteiger charge is -2.15. The van der Waals surface area contributed by atoms with E-state index in [2.05, 4.69) is 20.4 Å². The third kappa shape index (κ3) is 3.32. The van der Waals surface area contributed by atoms with E-state index in [0.29, 0.717) is 5.69 Å². The van der Waals surface area contributed by atoms with Crippen LogP contribution in [0.2, 0.25) is 0 Å². The average Bonchev–Trinajstić information content (AvgIpc) is 3.11. The summed E-state index contributed by atoms with van der Waals surface area (Å²) in [7, 11) is 0. The number of nitro groups is 1. The number of benzene rings is 1. The molecule has 0 radical (unpaired) electrons. The van der Waals surface area contributed by atoms with Crippen molar-refractivity contribution >= 4 is 23.1 Å². The Morgan fingerprint density at radius 1 is 1.21 bits per heavy atom. The molecule has 2 aromatic rings. The van der Waals surface area contributed by atoms with Gasteiger partial charge < -0.3 is 10.2 Å². The molecule has 8 heteroatoms. The molecule has 0 saturated carbocycles. The van der Waals surface area contributed by atoms with E-state index in [1.807, 2.05) is 0 Å². The molecule has 1 aliphatic heterocycles. The maximum atomic E-state index is 12.3. The number of rotatable bonds is 4. The fraction of sp³-hybridized carbons (Fsp3) is 0.312. The van der Waals surface area contributed by atoms with Crippen LogP contribution in [0.4, 0.5) is 17.2 Å². The van der Waals surface area contributed by atoms with Crippen molar-refractivity contribution in [3.8, 4) is 0 Å². The summed E-state index contributed by atoms with van der Waals surface area (Å²) in [6.07, 6.45) is 2.27. The summed E-state index contributed by atoms with van der Waals surface area (Å²) in [6.45, 7) is 3.67. The molecule has 1 saturated heterocycles. The Balaban J connectivity index is 1.75. The summed E-state index contributed by atoms with van der Waals surface area (Å²) >= 11 is 0. The van der Waals surface area contributed by atoms with Crippen LogP contribution in [0.25, 0.3) is 0 Å². The Morgan fingerprint density at radius 2 is 1.96 bits per heavy atom. The van der Waals surface area contributed by atoms with Gasteiger partial charge in [0.1, 0.15) is 0 Å². The molecule has 0 aliphatic carbocycles. The number of aryl methyl sites for hydroxylation is 1. The Hall–Kier alpha value is -3.03. The highest BCUT2D eigenvalue weighted by molar-refractivity contribution is 6.03. The second-order valence-corrected chi connectivity index (χ2v) is 5.68. The zero-order valence-corrected chi connectivity index (χ0v) is 13.2. The Kier molecular flexibility index (Phi) is 4.37. The molecular formula is C16H17N5O3. The van der Waals surface area contributed by atoms with Crippen LogP contribution < -0.4 is 10.2 Å². The molecule has 1 aromatic carbocycles. The fourth-order valence-corrected chi connectivity index (χ4v) is 2.61. The molecule has 24 heavy (non-hydrogen) atoms. The third-order valence-electron chi connectivity index (χ3n) is 3.99. The quantitative estimate of drug-likeness (QED) is 0.684. The molecule has 3 rings (SSSR count). The minimum absolute atomic E-state index is 0.0774. The zero-order valence-electron chi connectivity index (χ0n) is 13.2. The topological polar surface area (TPSA) is 101 Å². The normalized spacial score (nSPS) is 13.8. The summed E-state index contributed by atoms with van der Waals surface area (Å²) < 4.78 is 0. The molecule has 1 fully saturated rings. The highest BCUT2D eigenvalue weighted by Crippen LogP contribution is 2.22. The lowest BCUT2D eigenvalue weighted by Crippen LogP contribution is -2.21. The van der Waals surface area contributed by atoms with Crippen LogP contribution >= 0.6 is 0 Å². The third-order valence-corrected chi connectivity index (χ3v) is 3.99. The molecule has 124 valence electrons. The number of amides is 1.